The van der Waals surface area contributed by atoms with E-state index in [0.717, 1.165) is 5.75 Å². The zero-order valence-electron chi connectivity index (χ0n) is 20.5. The van der Waals surface area contributed by atoms with Gasteiger partial charge in [0.05, 0.1) is 40.6 Å². The summed E-state index contributed by atoms with van der Waals surface area (Å²) in [6.45, 7) is 2.21. The maximum absolute atomic E-state index is 13.2. The SMILES string of the molecule is CCSCCOC(=O)c1c(Oc2nc(OC)cc(OC)n2)cccc1Oc1nc(OC)cc(OC)n1. The average molecular weight is 519 g/mol. The van der Waals surface area contributed by atoms with Gasteiger partial charge in [-0.2, -0.15) is 31.7 Å². The maximum Gasteiger partial charge on any atom is 0.345 e. The summed E-state index contributed by atoms with van der Waals surface area (Å²) in [6, 6.07) is 7.46. The first-order chi connectivity index (χ1) is 17.5. The summed E-state index contributed by atoms with van der Waals surface area (Å²) in [7, 11) is 5.78. The van der Waals surface area contributed by atoms with Crippen LogP contribution in [-0.4, -0.2) is 72.5 Å². The van der Waals surface area contributed by atoms with Crippen LogP contribution in [0.15, 0.2) is 30.3 Å². The molecule has 0 atom stereocenters. The lowest BCUT2D eigenvalue weighted by atomic mass is 10.2. The largest absolute Gasteiger partial charge is 0.481 e. The van der Waals surface area contributed by atoms with Crippen molar-refractivity contribution < 1.29 is 38.0 Å². The number of benzene rings is 1. The lowest BCUT2D eigenvalue weighted by Crippen LogP contribution is -2.12. The zero-order valence-corrected chi connectivity index (χ0v) is 21.3. The normalized spacial score (nSPS) is 10.4. The molecule has 0 aliphatic rings. The molecule has 0 saturated heterocycles. The number of esters is 1. The molecule has 3 rings (SSSR count). The second-order valence-electron chi connectivity index (χ2n) is 6.64. The van der Waals surface area contributed by atoms with Crippen LogP contribution in [0.25, 0.3) is 0 Å². The highest BCUT2D eigenvalue weighted by Gasteiger charge is 2.24. The highest BCUT2D eigenvalue weighted by atomic mass is 32.2. The van der Waals surface area contributed by atoms with E-state index in [1.807, 2.05) is 6.92 Å². The Labute approximate surface area is 212 Å². The van der Waals surface area contributed by atoms with Crippen molar-refractivity contribution in [2.75, 3.05) is 46.6 Å². The highest BCUT2D eigenvalue weighted by Crippen LogP contribution is 2.35. The van der Waals surface area contributed by atoms with Crippen molar-refractivity contribution in [2.24, 2.45) is 0 Å². The third-order valence-corrected chi connectivity index (χ3v) is 5.28. The molecule has 0 radical (unpaired) electrons. The number of carbonyl (C=O) groups is 1. The van der Waals surface area contributed by atoms with Crippen LogP contribution in [0.5, 0.6) is 47.0 Å². The summed E-state index contributed by atoms with van der Waals surface area (Å²) < 4.78 is 37.8. The molecule has 0 amide bonds. The first-order valence-electron chi connectivity index (χ1n) is 10.7. The minimum absolute atomic E-state index is 0.0187. The molecule has 0 unspecified atom stereocenters. The van der Waals surface area contributed by atoms with Crippen molar-refractivity contribution in [3.8, 4) is 47.0 Å². The molecule has 1 aromatic carbocycles. The predicted octanol–water partition coefficient (Wildman–Crippen LogP) is 3.80. The van der Waals surface area contributed by atoms with Gasteiger partial charge in [-0.15, -0.1) is 0 Å². The van der Waals surface area contributed by atoms with E-state index in [4.69, 9.17) is 33.2 Å². The summed E-state index contributed by atoms with van der Waals surface area (Å²) in [5.74, 6) is 1.84. The summed E-state index contributed by atoms with van der Waals surface area (Å²) >= 11 is 1.64. The number of rotatable bonds is 13. The fourth-order valence-electron chi connectivity index (χ4n) is 2.77. The van der Waals surface area contributed by atoms with Gasteiger partial charge in [0.15, 0.2) is 0 Å². The number of carbonyl (C=O) groups excluding carboxylic acids is 1. The Morgan fingerprint density at radius 2 is 1.22 bits per heavy atom. The van der Waals surface area contributed by atoms with Crippen molar-refractivity contribution in [3.05, 3.63) is 35.9 Å². The van der Waals surface area contributed by atoms with E-state index in [1.165, 1.54) is 40.6 Å². The van der Waals surface area contributed by atoms with Gasteiger partial charge in [-0.3, -0.25) is 0 Å². The van der Waals surface area contributed by atoms with Gasteiger partial charge in [0.2, 0.25) is 23.5 Å². The first-order valence-corrected chi connectivity index (χ1v) is 11.8. The number of nitrogens with zero attached hydrogens (tertiary/aromatic N) is 4. The number of methoxy groups -OCH3 is 4. The summed E-state index contributed by atoms with van der Waals surface area (Å²) in [5, 5.41) is 0. The minimum atomic E-state index is -0.679. The lowest BCUT2D eigenvalue weighted by molar-refractivity contribution is 0.0524. The van der Waals surface area contributed by atoms with Crippen LogP contribution in [0, 0.1) is 0 Å². The highest BCUT2D eigenvalue weighted by molar-refractivity contribution is 7.99. The first kappa shape index (κ1) is 26.6. The van der Waals surface area contributed by atoms with Crippen LogP contribution in [0.2, 0.25) is 0 Å². The van der Waals surface area contributed by atoms with Crippen LogP contribution in [-0.2, 0) is 4.74 Å². The molecule has 2 aromatic heterocycles. The second kappa shape index (κ2) is 13.2. The van der Waals surface area contributed by atoms with Gasteiger partial charge in [0, 0.05) is 5.75 Å². The molecule has 0 spiro atoms. The molecule has 36 heavy (non-hydrogen) atoms. The van der Waals surface area contributed by atoms with Gasteiger partial charge in [-0.05, 0) is 17.9 Å². The monoisotopic (exact) mass is 518 g/mol. The molecular formula is C23H26N4O8S. The molecular weight excluding hydrogens is 492 g/mol. The van der Waals surface area contributed by atoms with Crippen LogP contribution in [0.3, 0.4) is 0 Å². The number of ether oxygens (including phenoxy) is 7. The van der Waals surface area contributed by atoms with E-state index in [2.05, 4.69) is 19.9 Å². The molecule has 0 bridgehead atoms. The summed E-state index contributed by atoms with van der Waals surface area (Å²) in [5.41, 5.74) is -0.0187. The molecule has 13 heteroatoms. The van der Waals surface area contributed by atoms with Crippen molar-refractivity contribution in [1.29, 1.82) is 0 Å². The third-order valence-electron chi connectivity index (χ3n) is 4.41. The number of aromatic nitrogens is 4. The van der Waals surface area contributed by atoms with Crippen molar-refractivity contribution in [3.63, 3.8) is 0 Å². The third kappa shape index (κ3) is 7.01. The van der Waals surface area contributed by atoms with E-state index >= 15 is 0 Å². The molecule has 192 valence electrons. The van der Waals surface area contributed by atoms with Gasteiger partial charge in [-0.1, -0.05) is 13.0 Å². The van der Waals surface area contributed by atoms with Crippen LogP contribution >= 0.6 is 11.8 Å². The van der Waals surface area contributed by atoms with Gasteiger partial charge >= 0.3 is 18.0 Å². The van der Waals surface area contributed by atoms with Crippen molar-refractivity contribution in [1.82, 2.24) is 19.9 Å². The molecule has 0 N–H and O–H groups in total. The smallest absolute Gasteiger partial charge is 0.345 e. The van der Waals surface area contributed by atoms with Gasteiger partial charge in [0.25, 0.3) is 0 Å². The molecule has 0 aliphatic carbocycles. The summed E-state index contributed by atoms with van der Waals surface area (Å²) in [6.07, 6.45) is 0. The Morgan fingerprint density at radius 1 is 0.778 bits per heavy atom. The molecule has 3 aromatic rings. The average Bonchev–Trinajstić information content (AvgIpc) is 2.90. The lowest BCUT2D eigenvalue weighted by Gasteiger charge is -2.15. The molecule has 0 saturated carbocycles. The Morgan fingerprint density at radius 3 is 1.61 bits per heavy atom. The quantitative estimate of drug-likeness (QED) is 0.240. The Bertz CT molecular complexity index is 1060. The van der Waals surface area contributed by atoms with E-state index in [9.17, 15) is 4.79 Å². The maximum atomic E-state index is 13.2. The van der Waals surface area contributed by atoms with Crippen molar-refractivity contribution in [2.45, 2.75) is 6.92 Å². The molecule has 12 nitrogen and oxygen atoms in total. The number of hydrogen-bond acceptors (Lipinski definition) is 13. The Hall–Kier alpha value is -4.00. The summed E-state index contributed by atoms with van der Waals surface area (Å²) in [4.78, 5) is 29.8. The topological polar surface area (TPSA) is 133 Å². The fraction of sp³-hybridized carbons (Fsp3) is 0.348. The molecule has 0 aliphatic heterocycles. The zero-order chi connectivity index (χ0) is 25.9. The predicted molar refractivity (Wildman–Crippen MR) is 130 cm³/mol. The van der Waals surface area contributed by atoms with Gasteiger partial charge < -0.3 is 33.2 Å². The molecule has 2 heterocycles. The van der Waals surface area contributed by atoms with Crippen LogP contribution in [0.4, 0.5) is 0 Å². The van der Waals surface area contributed by atoms with Crippen molar-refractivity contribution >= 4 is 17.7 Å². The Kier molecular flexibility index (Phi) is 9.74. The van der Waals surface area contributed by atoms with E-state index < -0.39 is 5.97 Å². The standard InChI is InChI=1S/C23H26N4O8S/c1-6-36-11-10-33-21(28)20-14(34-22-24-16(29-2)12-17(25-22)30-3)8-7-9-15(20)35-23-26-18(31-4)13-19(27-23)32-5/h7-9,12-13H,6,10-11H2,1-5H3. The number of hydrogen-bond donors (Lipinski definition) is 0. The van der Waals surface area contributed by atoms with E-state index in [0.29, 0.717) is 5.75 Å². The minimum Gasteiger partial charge on any atom is -0.481 e. The van der Waals surface area contributed by atoms with Crippen LogP contribution in [0.1, 0.15) is 17.3 Å². The molecule has 0 fully saturated rings. The van der Waals surface area contributed by atoms with E-state index in [1.54, 1.807) is 30.0 Å². The van der Waals surface area contributed by atoms with Gasteiger partial charge in [0.1, 0.15) is 23.7 Å². The number of thioether (sulfide) groups is 1. The fourth-order valence-corrected chi connectivity index (χ4v) is 3.26. The van der Waals surface area contributed by atoms with Gasteiger partial charge in [-0.25, -0.2) is 4.79 Å². The Balaban J connectivity index is 2.01. The van der Waals surface area contributed by atoms with E-state index in [-0.39, 0.29) is 59.2 Å². The second-order valence-corrected chi connectivity index (χ2v) is 8.03. The van der Waals surface area contributed by atoms with Crippen LogP contribution < -0.4 is 28.4 Å².